The van der Waals surface area contributed by atoms with Crippen LogP contribution in [0.1, 0.15) is 26.3 Å². The Morgan fingerprint density at radius 3 is 2.80 bits per heavy atom. The van der Waals surface area contributed by atoms with Crippen molar-refractivity contribution < 1.29 is 9.53 Å². The number of para-hydroxylation sites is 1. The zero-order chi connectivity index (χ0) is 14.5. The molecule has 0 spiro atoms. The van der Waals surface area contributed by atoms with E-state index in [1.807, 2.05) is 44.2 Å². The molecule has 0 bridgehead atoms. The molecule has 0 aliphatic heterocycles. The summed E-state index contributed by atoms with van der Waals surface area (Å²) in [6, 6.07) is 9.96. The highest BCUT2D eigenvalue weighted by Gasteiger charge is 2.14. The van der Waals surface area contributed by atoms with Crippen LogP contribution in [0.2, 0.25) is 0 Å². The number of rotatable bonds is 5. The Kier molecular flexibility index (Phi) is 4.69. The number of aromatic nitrogens is 1. The van der Waals surface area contributed by atoms with Crippen molar-refractivity contribution in [2.75, 3.05) is 0 Å². The van der Waals surface area contributed by atoms with E-state index >= 15 is 0 Å². The van der Waals surface area contributed by atoms with Gasteiger partial charge in [-0.2, -0.15) is 0 Å². The summed E-state index contributed by atoms with van der Waals surface area (Å²) in [5, 5.41) is 3.94. The van der Waals surface area contributed by atoms with Crippen molar-refractivity contribution >= 4 is 16.8 Å². The van der Waals surface area contributed by atoms with E-state index in [1.165, 1.54) is 0 Å². The highest BCUT2D eigenvalue weighted by Crippen LogP contribution is 2.12. The van der Waals surface area contributed by atoms with Crippen molar-refractivity contribution in [3.63, 3.8) is 0 Å². The molecule has 1 atom stereocenters. The van der Waals surface area contributed by atoms with Gasteiger partial charge in [-0.15, -0.1) is 0 Å². The summed E-state index contributed by atoms with van der Waals surface area (Å²) in [7, 11) is 0. The Bertz CT molecular complexity index is 596. The van der Waals surface area contributed by atoms with Gasteiger partial charge in [-0.3, -0.25) is 9.78 Å². The predicted octanol–water partition coefficient (Wildman–Crippen LogP) is 2.66. The van der Waals surface area contributed by atoms with Gasteiger partial charge in [-0.1, -0.05) is 18.2 Å². The summed E-state index contributed by atoms with van der Waals surface area (Å²) >= 11 is 0. The number of benzene rings is 1. The van der Waals surface area contributed by atoms with Gasteiger partial charge in [0.25, 0.3) is 0 Å². The molecule has 1 heterocycles. The van der Waals surface area contributed by atoms with Crippen LogP contribution in [0.15, 0.2) is 36.5 Å². The number of fused-ring (bicyclic) bond motifs is 1. The summed E-state index contributed by atoms with van der Waals surface area (Å²) in [4.78, 5) is 16.2. The zero-order valence-corrected chi connectivity index (χ0v) is 12.1. The van der Waals surface area contributed by atoms with Crippen molar-refractivity contribution in [2.24, 2.45) is 0 Å². The van der Waals surface area contributed by atoms with Crippen LogP contribution < -0.4 is 5.32 Å². The minimum absolute atomic E-state index is 0.0399. The summed E-state index contributed by atoms with van der Waals surface area (Å²) in [5.74, 6) is -0.105. The van der Waals surface area contributed by atoms with E-state index in [9.17, 15) is 4.79 Å². The second-order valence-corrected chi connectivity index (χ2v) is 5.08. The average molecular weight is 272 g/mol. The van der Waals surface area contributed by atoms with E-state index in [4.69, 9.17) is 4.74 Å². The maximum atomic E-state index is 11.9. The van der Waals surface area contributed by atoms with Gasteiger partial charge >= 0.3 is 0 Å². The molecule has 4 nitrogen and oxygen atoms in total. The Morgan fingerprint density at radius 2 is 2.05 bits per heavy atom. The number of amides is 1. The molecule has 20 heavy (non-hydrogen) atoms. The van der Waals surface area contributed by atoms with Crippen LogP contribution in [0.4, 0.5) is 0 Å². The molecule has 106 valence electrons. The Morgan fingerprint density at radius 1 is 1.30 bits per heavy atom. The van der Waals surface area contributed by atoms with Crippen LogP contribution in [0.3, 0.4) is 0 Å². The van der Waals surface area contributed by atoms with Crippen molar-refractivity contribution in [3.05, 3.63) is 42.1 Å². The van der Waals surface area contributed by atoms with E-state index in [1.54, 1.807) is 13.1 Å². The predicted molar refractivity (Wildman–Crippen MR) is 79.3 cm³/mol. The van der Waals surface area contributed by atoms with Crippen molar-refractivity contribution in [2.45, 2.75) is 39.5 Å². The molecule has 0 saturated carbocycles. The molecule has 0 fully saturated rings. The molecular weight excluding hydrogens is 252 g/mol. The fourth-order valence-corrected chi connectivity index (χ4v) is 2.02. The van der Waals surface area contributed by atoms with Gasteiger partial charge in [-0.05, 0) is 38.5 Å². The van der Waals surface area contributed by atoms with Crippen molar-refractivity contribution in [1.82, 2.24) is 10.3 Å². The normalized spacial score (nSPS) is 12.6. The third-order valence-corrected chi connectivity index (χ3v) is 2.96. The molecule has 0 unspecified atom stereocenters. The Labute approximate surface area is 119 Å². The van der Waals surface area contributed by atoms with Gasteiger partial charge in [0.15, 0.2) is 0 Å². The standard InChI is InChI=1S/C16H20N2O2/c1-11(2)20-12(3)16(19)18-10-13-8-14-6-4-5-7-15(14)17-9-13/h4-9,11-12H,10H2,1-3H3,(H,18,19)/t12-/m0/s1. The van der Waals surface area contributed by atoms with Crippen molar-refractivity contribution in [1.29, 1.82) is 0 Å². The van der Waals surface area contributed by atoms with Crippen LogP contribution in [-0.2, 0) is 16.1 Å². The number of carbonyl (C=O) groups is 1. The number of hydrogen-bond acceptors (Lipinski definition) is 3. The Balaban J connectivity index is 1.97. The summed E-state index contributed by atoms with van der Waals surface area (Å²) in [6.07, 6.45) is 1.39. The average Bonchev–Trinajstić information content (AvgIpc) is 2.43. The molecule has 4 heteroatoms. The SMILES string of the molecule is CC(C)O[C@@H](C)C(=O)NCc1cnc2ccccc2c1. The second kappa shape index (κ2) is 6.48. The lowest BCUT2D eigenvalue weighted by Crippen LogP contribution is -2.35. The highest BCUT2D eigenvalue weighted by molar-refractivity contribution is 5.81. The first-order valence-electron chi connectivity index (χ1n) is 6.83. The van der Waals surface area contributed by atoms with E-state index in [2.05, 4.69) is 10.3 Å². The largest absolute Gasteiger partial charge is 0.366 e. The third kappa shape index (κ3) is 3.78. The van der Waals surface area contributed by atoms with Gasteiger partial charge in [-0.25, -0.2) is 0 Å². The third-order valence-electron chi connectivity index (χ3n) is 2.96. The molecule has 2 rings (SSSR count). The quantitative estimate of drug-likeness (QED) is 0.910. The van der Waals surface area contributed by atoms with Crippen LogP contribution in [0, 0.1) is 0 Å². The minimum Gasteiger partial charge on any atom is -0.366 e. The number of hydrogen-bond donors (Lipinski definition) is 1. The number of pyridine rings is 1. The topological polar surface area (TPSA) is 51.2 Å². The number of ether oxygens (including phenoxy) is 1. The Hall–Kier alpha value is -1.94. The van der Waals surface area contributed by atoms with E-state index in [-0.39, 0.29) is 12.0 Å². The van der Waals surface area contributed by atoms with Gasteiger partial charge in [0.05, 0.1) is 11.6 Å². The molecule has 1 amide bonds. The van der Waals surface area contributed by atoms with E-state index in [0.717, 1.165) is 16.5 Å². The van der Waals surface area contributed by atoms with Crippen molar-refractivity contribution in [3.8, 4) is 0 Å². The molecule has 0 aliphatic carbocycles. The lowest BCUT2D eigenvalue weighted by atomic mass is 10.1. The second-order valence-electron chi connectivity index (χ2n) is 5.08. The van der Waals surface area contributed by atoms with Gasteiger partial charge < -0.3 is 10.1 Å². The van der Waals surface area contributed by atoms with Gasteiger partial charge in [0.2, 0.25) is 5.91 Å². The first-order chi connectivity index (χ1) is 9.56. The number of carbonyl (C=O) groups excluding carboxylic acids is 1. The molecule has 2 aromatic rings. The van der Waals surface area contributed by atoms with Crippen LogP contribution >= 0.6 is 0 Å². The first-order valence-corrected chi connectivity index (χ1v) is 6.83. The minimum atomic E-state index is -0.441. The smallest absolute Gasteiger partial charge is 0.249 e. The monoisotopic (exact) mass is 272 g/mol. The molecular formula is C16H20N2O2. The summed E-state index contributed by atoms with van der Waals surface area (Å²) in [5.41, 5.74) is 1.94. The fourth-order valence-electron chi connectivity index (χ4n) is 2.02. The maximum Gasteiger partial charge on any atom is 0.249 e. The maximum absolute atomic E-state index is 11.9. The summed E-state index contributed by atoms with van der Waals surface area (Å²) < 4.78 is 5.44. The number of nitrogens with one attached hydrogen (secondary N) is 1. The van der Waals surface area contributed by atoms with Gasteiger partial charge in [0, 0.05) is 18.1 Å². The zero-order valence-electron chi connectivity index (χ0n) is 12.1. The molecule has 0 aliphatic rings. The lowest BCUT2D eigenvalue weighted by molar-refractivity contribution is -0.134. The molecule has 0 saturated heterocycles. The highest BCUT2D eigenvalue weighted by atomic mass is 16.5. The first kappa shape index (κ1) is 14.5. The van der Waals surface area contributed by atoms with Gasteiger partial charge in [0.1, 0.15) is 6.10 Å². The molecule has 1 aromatic heterocycles. The summed E-state index contributed by atoms with van der Waals surface area (Å²) in [6.45, 7) is 6.05. The number of nitrogens with zero attached hydrogens (tertiary/aromatic N) is 1. The molecule has 1 N–H and O–H groups in total. The van der Waals surface area contributed by atoms with E-state index in [0.29, 0.717) is 6.54 Å². The molecule has 1 aromatic carbocycles. The fraction of sp³-hybridized carbons (Fsp3) is 0.375. The molecule has 0 radical (unpaired) electrons. The lowest BCUT2D eigenvalue weighted by Gasteiger charge is -2.15. The van der Waals surface area contributed by atoms with Crippen LogP contribution in [0.5, 0.6) is 0 Å². The van der Waals surface area contributed by atoms with Crippen LogP contribution in [-0.4, -0.2) is 23.1 Å². The van der Waals surface area contributed by atoms with Crippen LogP contribution in [0.25, 0.3) is 10.9 Å². The van der Waals surface area contributed by atoms with E-state index < -0.39 is 6.10 Å².